The Morgan fingerprint density at radius 2 is 2.00 bits per heavy atom. The molecule has 1 aromatic rings. The fraction of sp³-hybridized carbons (Fsp3) is 0.500. The molecule has 1 fully saturated rings. The van der Waals surface area contributed by atoms with E-state index < -0.39 is 5.60 Å². The molecule has 0 spiro atoms. The van der Waals surface area contributed by atoms with Gasteiger partial charge in [0, 0.05) is 4.47 Å². The van der Waals surface area contributed by atoms with Crippen molar-refractivity contribution in [3.63, 3.8) is 0 Å². The second-order valence-corrected chi connectivity index (χ2v) is 5.14. The second kappa shape index (κ2) is 3.67. The molecule has 1 N–H and O–H groups in total. The molecule has 0 radical (unpaired) electrons. The van der Waals surface area contributed by atoms with Crippen molar-refractivity contribution >= 4 is 15.9 Å². The first-order valence-corrected chi connectivity index (χ1v) is 5.90. The largest absolute Gasteiger partial charge is 0.385 e. The van der Waals surface area contributed by atoms with Crippen molar-refractivity contribution in [3.8, 4) is 0 Å². The Kier molecular flexibility index (Phi) is 2.67. The maximum Gasteiger partial charge on any atom is 0.0921 e. The summed E-state index contributed by atoms with van der Waals surface area (Å²) < 4.78 is 1.07. The number of benzene rings is 1. The van der Waals surface area contributed by atoms with E-state index in [1.54, 1.807) is 0 Å². The molecule has 0 aliphatic heterocycles. The molecular formula is C12H15BrO. The Morgan fingerprint density at radius 1 is 1.36 bits per heavy atom. The van der Waals surface area contributed by atoms with Crippen LogP contribution in [0.3, 0.4) is 0 Å². The van der Waals surface area contributed by atoms with Gasteiger partial charge in [-0.2, -0.15) is 0 Å². The summed E-state index contributed by atoms with van der Waals surface area (Å²) in [6, 6.07) is 8.04. The lowest BCUT2D eigenvalue weighted by Crippen LogP contribution is -2.28. The highest BCUT2D eigenvalue weighted by Crippen LogP contribution is 2.43. The molecule has 0 heterocycles. The summed E-state index contributed by atoms with van der Waals surface area (Å²) in [4.78, 5) is 0. The van der Waals surface area contributed by atoms with Crippen molar-refractivity contribution in [1.29, 1.82) is 0 Å². The van der Waals surface area contributed by atoms with Crippen LogP contribution in [0.1, 0.15) is 31.7 Å². The molecular weight excluding hydrogens is 240 g/mol. The summed E-state index contributed by atoms with van der Waals surface area (Å²) in [6.45, 7) is 2.13. The number of hydrogen-bond donors (Lipinski definition) is 1. The van der Waals surface area contributed by atoms with Crippen LogP contribution in [0.5, 0.6) is 0 Å². The van der Waals surface area contributed by atoms with E-state index in [0.29, 0.717) is 5.92 Å². The first kappa shape index (κ1) is 10.2. The van der Waals surface area contributed by atoms with Crippen LogP contribution in [0, 0.1) is 5.92 Å². The molecule has 0 saturated heterocycles. The average molecular weight is 255 g/mol. The van der Waals surface area contributed by atoms with Crippen LogP contribution >= 0.6 is 15.9 Å². The standard InChI is InChI=1S/C12H15BrO/c1-9-3-2-8-12(9,14)10-4-6-11(13)7-5-10/h4-7,9,14H,2-3,8H2,1H3. The Bertz CT molecular complexity index is 320. The quantitative estimate of drug-likeness (QED) is 0.814. The predicted molar refractivity (Wildman–Crippen MR) is 61.1 cm³/mol. The van der Waals surface area contributed by atoms with Crippen molar-refractivity contribution in [1.82, 2.24) is 0 Å². The molecule has 2 unspecified atom stereocenters. The fourth-order valence-corrected chi connectivity index (χ4v) is 2.59. The summed E-state index contributed by atoms with van der Waals surface area (Å²) in [5.41, 5.74) is 0.478. The summed E-state index contributed by atoms with van der Waals surface area (Å²) >= 11 is 3.41. The lowest BCUT2D eigenvalue weighted by atomic mass is 9.85. The SMILES string of the molecule is CC1CCCC1(O)c1ccc(Br)cc1. The third kappa shape index (κ3) is 1.61. The van der Waals surface area contributed by atoms with Gasteiger partial charge in [-0.15, -0.1) is 0 Å². The molecule has 14 heavy (non-hydrogen) atoms. The van der Waals surface area contributed by atoms with Crippen LogP contribution in [-0.4, -0.2) is 5.11 Å². The van der Waals surface area contributed by atoms with E-state index in [2.05, 4.69) is 22.9 Å². The van der Waals surface area contributed by atoms with E-state index in [4.69, 9.17) is 0 Å². The van der Waals surface area contributed by atoms with Crippen LogP contribution in [0.15, 0.2) is 28.7 Å². The lowest BCUT2D eigenvalue weighted by Gasteiger charge is -2.28. The first-order valence-electron chi connectivity index (χ1n) is 5.11. The molecule has 2 heteroatoms. The third-order valence-electron chi connectivity index (χ3n) is 3.35. The molecule has 1 nitrogen and oxygen atoms in total. The Labute approximate surface area is 93.3 Å². The molecule has 2 atom stereocenters. The molecule has 76 valence electrons. The Balaban J connectivity index is 2.34. The van der Waals surface area contributed by atoms with E-state index in [0.717, 1.165) is 29.3 Å². The third-order valence-corrected chi connectivity index (χ3v) is 3.88. The van der Waals surface area contributed by atoms with Crippen LogP contribution in [0.2, 0.25) is 0 Å². The lowest BCUT2D eigenvalue weighted by molar-refractivity contribution is 0.00448. The molecule has 2 rings (SSSR count). The first-order chi connectivity index (χ1) is 6.63. The van der Waals surface area contributed by atoms with Crippen molar-refractivity contribution in [2.24, 2.45) is 5.92 Å². The van der Waals surface area contributed by atoms with Gasteiger partial charge in [-0.3, -0.25) is 0 Å². The summed E-state index contributed by atoms with van der Waals surface area (Å²) in [5.74, 6) is 0.378. The zero-order chi connectivity index (χ0) is 10.2. The maximum atomic E-state index is 10.5. The van der Waals surface area contributed by atoms with Crippen molar-refractivity contribution in [3.05, 3.63) is 34.3 Å². The number of hydrogen-bond acceptors (Lipinski definition) is 1. The maximum absolute atomic E-state index is 10.5. The highest BCUT2D eigenvalue weighted by molar-refractivity contribution is 9.10. The van der Waals surface area contributed by atoms with E-state index >= 15 is 0 Å². The summed E-state index contributed by atoms with van der Waals surface area (Å²) in [7, 11) is 0. The Morgan fingerprint density at radius 3 is 2.50 bits per heavy atom. The van der Waals surface area contributed by atoms with Crippen molar-refractivity contribution in [2.45, 2.75) is 31.8 Å². The molecule has 0 aromatic heterocycles. The van der Waals surface area contributed by atoms with Crippen LogP contribution in [0.25, 0.3) is 0 Å². The zero-order valence-electron chi connectivity index (χ0n) is 8.33. The monoisotopic (exact) mass is 254 g/mol. The van der Waals surface area contributed by atoms with E-state index in [9.17, 15) is 5.11 Å². The molecule has 0 bridgehead atoms. The topological polar surface area (TPSA) is 20.2 Å². The summed E-state index contributed by atoms with van der Waals surface area (Å²) in [5, 5.41) is 10.5. The number of rotatable bonds is 1. The average Bonchev–Trinajstić information content (AvgIpc) is 2.49. The number of aliphatic hydroxyl groups is 1. The van der Waals surface area contributed by atoms with Crippen LogP contribution in [0.4, 0.5) is 0 Å². The molecule has 1 aliphatic carbocycles. The van der Waals surface area contributed by atoms with Gasteiger partial charge in [-0.05, 0) is 42.9 Å². The fourth-order valence-electron chi connectivity index (χ4n) is 2.33. The highest BCUT2D eigenvalue weighted by atomic mass is 79.9. The van der Waals surface area contributed by atoms with Gasteiger partial charge in [0.15, 0.2) is 0 Å². The van der Waals surface area contributed by atoms with Gasteiger partial charge in [0.2, 0.25) is 0 Å². The molecule has 0 amide bonds. The van der Waals surface area contributed by atoms with Gasteiger partial charge < -0.3 is 5.11 Å². The van der Waals surface area contributed by atoms with Crippen LogP contribution < -0.4 is 0 Å². The Hall–Kier alpha value is -0.340. The minimum Gasteiger partial charge on any atom is -0.385 e. The van der Waals surface area contributed by atoms with Gasteiger partial charge >= 0.3 is 0 Å². The van der Waals surface area contributed by atoms with Gasteiger partial charge in [0.05, 0.1) is 5.60 Å². The predicted octanol–water partition coefficient (Wildman–Crippen LogP) is 3.46. The van der Waals surface area contributed by atoms with E-state index in [1.807, 2.05) is 24.3 Å². The molecule has 1 aliphatic rings. The van der Waals surface area contributed by atoms with E-state index in [-0.39, 0.29) is 0 Å². The smallest absolute Gasteiger partial charge is 0.0921 e. The van der Waals surface area contributed by atoms with Gasteiger partial charge in [-0.25, -0.2) is 0 Å². The summed E-state index contributed by atoms with van der Waals surface area (Å²) in [6.07, 6.45) is 3.16. The van der Waals surface area contributed by atoms with Crippen molar-refractivity contribution < 1.29 is 5.11 Å². The van der Waals surface area contributed by atoms with E-state index in [1.165, 1.54) is 0 Å². The normalized spacial score (nSPS) is 32.1. The van der Waals surface area contributed by atoms with Gasteiger partial charge in [0.25, 0.3) is 0 Å². The minimum atomic E-state index is -0.583. The van der Waals surface area contributed by atoms with Gasteiger partial charge in [-0.1, -0.05) is 35.0 Å². The second-order valence-electron chi connectivity index (χ2n) is 4.22. The number of halogens is 1. The minimum absolute atomic E-state index is 0.378. The highest BCUT2D eigenvalue weighted by Gasteiger charge is 2.39. The molecule has 1 aromatic carbocycles. The zero-order valence-corrected chi connectivity index (χ0v) is 9.92. The molecule has 1 saturated carbocycles. The van der Waals surface area contributed by atoms with Crippen molar-refractivity contribution in [2.75, 3.05) is 0 Å². The van der Waals surface area contributed by atoms with Crippen LogP contribution in [-0.2, 0) is 5.60 Å². The van der Waals surface area contributed by atoms with Gasteiger partial charge in [0.1, 0.15) is 0 Å².